The number of hydrogen-bond donors (Lipinski definition) is 0. The quantitative estimate of drug-likeness (QED) is 0.691. The number of ether oxygens (including phenoxy) is 1. The zero-order valence-electron chi connectivity index (χ0n) is 10.8. The first-order valence-corrected chi connectivity index (χ1v) is 7.66. The Morgan fingerprint density at radius 3 is 2.50 bits per heavy atom. The third-order valence-corrected chi connectivity index (χ3v) is 4.09. The van der Waals surface area contributed by atoms with Gasteiger partial charge in [0.1, 0.15) is 5.60 Å². The first kappa shape index (κ1) is 13.9. The molecule has 0 unspecified atom stereocenters. The smallest absolute Gasteiger partial charge is 0.307 e. The van der Waals surface area contributed by atoms with Crippen LogP contribution in [0.5, 0.6) is 0 Å². The Labute approximate surface area is 104 Å². The molecule has 0 radical (unpaired) electrons. The number of rotatable bonds is 5. The molecule has 94 valence electrons. The average molecular weight is 244 g/mol. The van der Waals surface area contributed by atoms with E-state index in [9.17, 15) is 4.79 Å². The Morgan fingerprint density at radius 2 is 1.94 bits per heavy atom. The molecule has 0 aromatic carbocycles. The Balaban J connectivity index is 2.39. The van der Waals surface area contributed by atoms with Crippen LogP contribution in [-0.2, 0) is 9.53 Å². The topological polar surface area (TPSA) is 26.3 Å². The Hall–Kier alpha value is -0.180. The Bertz CT molecular complexity index is 220. The van der Waals surface area contributed by atoms with Crippen molar-refractivity contribution in [1.82, 2.24) is 0 Å². The van der Waals surface area contributed by atoms with Crippen molar-refractivity contribution in [3.63, 3.8) is 0 Å². The maximum absolute atomic E-state index is 11.6. The number of esters is 1. The second-order valence-electron chi connectivity index (χ2n) is 5.16. The maximum Gasteiger partial charge on any atom is 0.307 e. The fourth-order valence-electron chi connectivity index (χ4n) is 2.41. The highest BCUT2D eigenvalue weighted by Crippen LogP contribution is 2.34. The largest absolute Gasteiger partial charge is 0.459 e. The van der Waals surface area contributed by atoms with E-state index in [0.717, 1.165) is 5.75 Å². The number of thioether (sulfide) groups is 1. The summed E-state index contributed by atoms with van der Waals surface area (Å²) in [6.07, 6.45) is 8.89. The van der Waals surface area contributed by atoms with E-state index in [4.69, 9.17) is 4.74 Å². The monoisotopic (exact) mass is 244 g/mol. The molecule has 0 spiro atoms. The molecule has 0 aliphatic heterocycles. The van der Waals surface area contributed by atoms with Gasteiger partial charge in [-0.2, -0.15) is 11.8 Å². The van der Waals surface area contributed by atoms with Crippen LogP contribution in [0.4, 0.5) is 0 Å². The lowest BCUT2D eigenvalue weighted by atomic mass is 9.79. The molecule has 0 amide bonds. The highest BCUT2D eigenvalue weighted by atomic mass is 32.2. The van der Waals surface area contributed by atoms with Gasteiger partial charge in [0.25, 0.3) is 0 Å². The lowest BCUT2D eigenvalue weighted by Crippen LogP contribution is -2.38. The van der Waals surface area contributed by atoms with Gasteiger partial charge in [-0.05, 0) is 38.9 Å². The van der Waals surface area contributed by atoms with Crippen LogP contribution in [0.2, 0.25) is 0 Å². The molecule has 0 bridgehead atoms. The van der Waals surface area contributed by atoms with Crippen molar-refractivity contribution in [2.45, 2.75) is 58.0 Å². The van der Waals surface area contributed by atoms with Gasteiger partial charge in [0.2, 0.25) is 0 Å². The van der Waals surface area contributed by atoms with E-state index in [0.29, 0.717) is 12.3 Å². The van der Waals surface area contributed by atoms with Crippen LogP contribution in [0.25, 0.3) is 0 Å². The molecule has 2 nitrogen and oxygen atoms in total. The molecule has 16 heavy (non-hydrogen) atoms. The summed E-state index contributed by atoms with van der Waals surface area (Å²) in [7, 11) is 0. The molecule has 1 aliphatic rings. The molecule has 0 N–H and O–H groups in total. The van der Waals surface area contributed by atoms with Crippen molar-refractivity contribution in [2.75, 3.05) is 12.0 Å². The molecule has 0 aromatic heterocycles. The van der Waals surface area contributed by atoms with E-state index >= 15 is 0 Å². The van der Waals surface area contributed by atoms with Gasteiger partial charge in [0.05, 0.1) is 6.42 Å². The van der Waals surface area contributed by atoms with Gasteiger partial charge < -0.3 is 4.74 Å². The van der Waals surface area contributed by atoms with Crippen molar-refractivity contribution >= 4 is 17.7 Å². The summed E-state index contributed by atoms with van der Waals surface area (Å²) in [6, 6.07) is 0. The molecule has 1 rings (SSSR count). The molecule has 0 heterocycles. The minimum Gasteiger partial charge on any atom is -0.459 e. The summed E-state index contributed by atoms with van der Waals surface area (Å²) in [4.78, 5) is 11.6. The number of carbonyl (C=O) groups excluding carboxylic acids is 1. The summed E-state index contributed by atoms with van der Waals surface area (Å²) in [6.45, 7) is 4.14. The van der Waals surface area contributed by atoms with E-state index in [2.05, 4.69) is 13.8 Å². The molecular formula is C13H24O2S. The molecule has 1 saturated carbocycles. The normalized spacial score (nSPS) is 18.4. The predicted octanol–water partition coefficient (Wildman–Crippen LogP) is 3.64. The van der Waals surface area contributed by atoms with Crippen LogP contribution in [0.1, 0.15) is 52.4 Å². The van der Waals surface area contributed by atoms with Crippen LogP contribution < -0.4 is 0 Å². The lowest BCUT2D eigenvalue weighted by molar-refractivity contribution is -0.162. The molecule has 0 atom stereocenters. The summed E-state index contributed by atoms with van der Waals surface area (Å²) in [5.41, 5.74) is -0.268. The summed E-state index contributed by atoms with van der Waals surface area (Å²) < 4.78 is 5.63. The standard InChI is InChI=1S/C13H24O2S/c1-13(2,11-7-5-4-6-8-11)15-12(14)9-10-16-3/h11H,4-10H2,1-3H3. The van der Waals surface area contributed by atoms with Gasteiger partial charge in [-0.15, -0.1) is 0 Å². The third-order valence-electron chi connectivity index (χ3n) is 3.48. The zero-order chi connectivity index (χ0) is 12.0. The summed E-state index contributed by atoms with van der Waals surface area (Å²) >= 11 is 1.69. The molecular weight excluding hydrogens is 220 g/mol. The van der Waals surface area contributed by atoms with Crippen LogP contribution in [0, 0.1) is 5.92 Å². The molecule has 1 aliphatic carbocycles. The minimum atomic E-state index is -0.268. The van der Waals surface area contributed by atoms with E-state index in [1.165, 1.54) is 32.1 Å². The van der Waals surface area contributed by atoms with Crippen molar-refractivity contribution in [3.8, 4) is 0 Å². The fourth-order valence-corrected chi connectivity index (χ4v) is 2.78. The van der Waals surface area contributed by atoms with E-state index in [1.807, 2.05) is 6.26 Å². The van der Waals surface area contributed by atoms with Crippen LogP contribution >= 0.6 is 11.8 Å². The summed E-state index contributed by atoms with van der Waals surface area (Å²) in [5.74, 6) is 1.38. The number of hydrogen-bond acceptors (Lipinski definition) is 3. The highest BCUT2D eigenvalue weighted by Gasteiger charge is 2.33. The minimum absolute atomic E-state index is 0.0371. The van der Waals surface area contributed by atoms with Crippen molar-refractivity contribution < 1.29 is 9.53 Å². The highest BCUT2D eigenvalue weighted by molar-refractivity contribution is 7.98. The second-order valence-corrected chi connectivity index (χ2v) is 6.14. The van der Waals surface area contributed by atoms with E-state index in [-0.39, 0.29) is 11.6 Å². The SMILES string of the molecule is CSCCC(=O)OC(C)(C)C1CCCCC1. The Morgan fingerprint density at radius 1 is 1.31 bits per heavy atom. The lowest BCUT2D eigenvalue weighted by Gasteiger charge is -2.36. The molecule has 3 heteroatoms. The molecule has 0 saturated heterocycles. The second kappa shape index (κ2) is 6.53. The van der Waals surface area contributed by atoms with Crippen molar-refractivity contribution in [1.29, 1.82) is 0 Å². The average Bonchev–Trinajstić information content (AvgIpc) is 2.27. The predicted molar refractivity (Wildman–Crippen MR) is 69.7 cm³/mol. The summed E-state index contributed by atoms with van der Waals surface area (Å²) in [5, 5.41) is 0. The van der Waals surface area contributed by atoms with Gasteiger partial charge in [-0.25, -0.2) is 0 Å². The van der Waals surface area contributed by atoms with Crippen molar-refractivity contribution in [2.24, 2.45) is 5.92 Å². The van der Waals surface area contributed by atoms with Gasteiger partial charge in [-0.1, -0.05) is 19.3 Å². The Kier molecular flexibility index (Phi) is 5.67. The van der Waals surface area contributed by atoms with E-state index in [1.54, 1.807) is 11.8 Å². The first-order valence-electron chi connectivity index (χ1n) is 6.27. The van der Waals surface area contributed by atoms with Crippen LogP contribution in [-0.4, -0.2) is 23.6 Å². The zero-order valence-corrected chi connectivity index (χ0v) is 11.6. The van der Waals surface area contributed by atoms with Gasteiger partial charge in [0, 0.05) is 5.75 Å². The van der Waals surface area contributed by atoms with Gasteiger partial charge in [-0.3, -0.25) is 4.79 Å². The van der Waals surface area contributed by atoms with Gasteiger partial charge in [0.15, 0.2) is 0 Å². The van der Waals surface area contributed by atoms with Crippen molar-refractivity contribution in [3.05, 3.63) is 0 Å². The van der Waals surface area contributed by atoms with E-state index < -0.39 is 0 Å². The maximum atomic E-state index is 11.6. The third kappa shape index (κ3) is 4.36. The number of carbonyl (C=O) groups is 1. The fraction of sp³-hybridized carbons (Fsp3) is 0.923. The van der Waals surface area contributed by atoms with Gasteiger partial charge >= 0.3 is 5.97 Å². The first-order chi connectivity index (χ1) is 7.56. The molecule has 1 fully saturated rings. The molecule has 0 aromatic rings. The van der Waals surface area contributed by atoms with Crippen LogP contribution in [0.15, 0.2) is 0 Å². The van der Waals surface area contributed by atoms with Crippen LogP contribution in [0.3, 0.4) is 0 Å².